The van der Waals surface area contributed by atoms with E-state index < -0.39 is 0 Å². The minimum absolute atomic E-state index is 0.102. The minimum atomic E-state index is 0.102. The molecule has 0 aliphatic carbocycles. The van der Waals surface area contributed by atoms with E-state index in [4.69, 9.17) is 11.6 Å². The lowest BCUT2D eigenvalue weighted by molar-refractivity contribution is 0.0608. The van der Waals surface area contributed by atoms with Crippen LogP contribution in [0.15, 0.2) is 22.7 Å². The number of likely N-dealkylation sites (tertiary alicyclic amines) is 1. The molecule has 1 aliphatic heterocycles. The van der Waals surface area contributed by atoms with Crippen LogP contribution < -0.4 is 0 Å². The van der Waals surface area contributed by atoms with Gasteiger partial charge in [-0.05, 0) is 43.9 Å². The van der Waals surface area contributed by atoms with Crippen molar-refractivity contribution in [3.05, 3.63) is 33.3 Å². The van der Waals surface area contributed by atoms with Crippen LogP contribution in [0, 0.1) is 0 Å². The van der Waals surface area contributed by atoms with Crippen LogP contribution >= 0.6 is 27.5 Å². The van der Waals surface area contributed by atoms with Gasteiger partial charge in [0, 0.05) is 27.6 Å². The number of carbonyl (C=O) groups is 1. The van der Waals surface area contributed by atoms with Crippen LogP contribution in [0.2, 0.25) is 5.02 Å². The zero-order chi connectivity index (χ0) is 13.1. The molecule has 1 aromatic carbocycles. The van der Waals surface area contributed by atoms with Gasteiger partial charge in [0.05, 0.1) is 0 Å². The van der Waals surface area contributed by atoms with Gasteiger partial charge in [-0.25, -0.2) is 0 Å². The lowest BCUT2D eigenvalue weighted by Crippen LogP contribution is -2.43. The van der Waals surface area contributed by atoms with Gasteiger partial charge in [-0.2, -0.15) is 0 Å². The predicted octanol–water partition coefficient (Wildman–Crippen LogP) is 4.51. The molecule has 0 N–H and O–H groups in total. The second-order valence-electron chi connectivity index (χ2n) is 4.71. The molecule has 0 radical (unpaired) electrons. The number of halogens is 2. The van der Waals surface area contributed by atoms with Gasteiger partial charge in [-0.15, -0.1) is 0 Å². The van der Waals surface area contributed by atoms with Crippen LogP contribution in [0.25, 0.3) is 0 Å². The van der Waals surface area contributed by atoms with Crippen molar-refractivity contribution in [3.8, 4) is 0 Å². The second kappa shape index (κ2) is 6.07. The van der Waals surface area contributed by atoms with Crippen molar-refractivity contribution >= 4 is 33.4 Å². The van der Waals surface area contributed by atoms with E-state index in [1.807, 2.05) is 11.0 Å². The van der Waals surface area contributed by atoms with Gasteiger partial charge in [0.25, 0.3) is 5.91 Å². The van der Waals surface area contributed by atoms with E-state index in [-0.39, 0.29) is 5.91 Å². The zero-order valence-corrected chi connectivity index (χ0v) is 12.8. The van der Waals surface area contributed by atoms with Crippen LogP contribution in [0.4, 0.5) is 0 Å². The molecular formula is C14H17BrClNO. The normalized spacial score (nSPS) is 19.9. The molecule has 18 heavy (non-hydrogen) atoms. The Labute approximate surface area is 121 Å². The molecule has 1 amide bonds. The maximum Gasteiger partial charge on any atom is 0.254 e. The van der Waals surface area contributed by atoms with Gasteiger partial charge >= 0.3 is 0 Å². The van der Waals surface area contributed by atoms with Crippen molar-refractivity contribution in [1.29, 1.82) is 0 Å². The fourth-order valence-electron chi connectivity index (χ4n) is 2.54. The summed E-state index contributed by atoms with van der Waals surface area (Å²) in [4.78, 5) is 14.5. The summed E-state index contributed by atoms with van der Waals surface area (Å²) < 4.78 is 0.850. The average molecular weight is 331 g/mol. The van der Waals surface area contributed by atoms with Gasteiger partial charge in [0.1, 0.15) is 0 Å². The third kappa shape index (κ3) is 3.07. The second-order valence-corrected chi connectivity index (χ2v) is 6.07. The third-order valence-electron chi connectivity index (χ3n) is 3.47. The lowest BCUT2D eigenvalue weighted by Gasteiger charge is -2.35. The summed E-state index contributed by atoms with van der Waals surface area (Å²) >= 11 is 9.38. The first-order valence-electron chi connectivity index (χ1n) is 6.39. The van der Waals surface area contributed by atoms with Gasteiger partial charge in [0.2, 0.25) is 0 Å². The first-order chi connectivity index (χ1) is 8.61. The van der Waals surface area contributed by atoms with Gasteiger partial charge in [0.15, 0.2) is 0 Å². The molecule has 0 aromatic heterocycles. The van der Waals surface area contributed by atoms with Crippen LogP contribution in [0.1, 0.15) is 43.0 Å². The molecule has 1 aliphatic rings. The van der Waals surface area contributed by atoms with Crippen molar-refractivity contribution in [1.82, 2.24) is 4.90 Å². The number of carbonyl (C=O) groups excluding carboxylic acids is 1. The maximum atomic E-state index is 12.5. The number of benzene rings is 1. The highest BCUT2D eigenvalue weighted by Crippen LogP contribution is 2.25. The molecule has 0 bridgehead atoms. The summed E-state index contributed by atoms with van der Waals surface area (Å²) in [6.07, 6.45) is 4.46. The smallest absolute Gasteiger partial charge is 0.254 e. The Bertz CT molecular complexity index is 429. The Kier molecular flexibility index (Phi) is 4.68. The lowest BCUT2D eigenvalue weighted by atomic mass is 9.99. The Morgan fingerprint density at radius 3 is 2.89 bits per heavy atom. The highest BCUT2D eigenvalue weighted by molar-refractivity contribution is 9.10. The van der Waals surface area contributed by atoms with E-state index in [1.54, 1.807) is 12.1 Å². The molecule has 0 spiro atoms. The number of piperidine rings is 1. The predicted molar refractivity (Wildman–Crippen MR) is 78.1 cm³/mol. The molecule has 1 unspecified atom stereocenters. The van der Waals surface area contributed by atoms with Crippen molar-refractivity contribution in [2.75, 3.05) is 6.54 Å². The average Bonchev–Trinajstić information content (AvgIpc) is 2.36. The van der Waals surface area contributed by atoms with E-state index in [9.17, 15) is 4.79 Å². The van der Waals surface area contributed by atoms with E-state index in [2.05, 4.69) is 22.9 Å². The van der Waals surface area contributed by atoms with Crippen molar-refractivity contribution in [2.24, 2.45) is 0 Å². The van der Waals surface area contributed by atoms with Gasteiger partial charge < -0.3 is 4.90 Å². The van der Waals surface area contributed by atoms with Crippen LogP contribution in [0.3, 0.4) is 0 Å². The van der Waals surface area contributed by atoms with Crippen LogP contribution in [-0.4, -0.2) is 23.4 Å². The summed E-state index contributed by atoms with van der Waals surface area (Å²) in [6.45, 7) is 3.01. The van der Waals surface area contributed by atoms with Crippen molar-refractivity contribution in [3.63, 3.8) is 0 Å². The summed E-state index contributed by atoms with van der Waals surface area (Å²) in [5.74, 6) is 0.102. The first kappa shape index (κ1) is 13.9. The molecule has 2 rings (SSSR count). The highest BCUT2D eigenvalue weighted by Gasteiger charge is 2.26. The standard InChI is InChI=1S/C14H17BrClNO/c1-2-13-5-3-4-6-17(13)14(18)10-7-11(15)9-12(16)8-10/h7-9,13H,2-6H2,1H3. The van der Waals surface area contributed by atoms with Crippen molar-refractivity contribution < 1.29 is 4.79 Å². The largest absolute Gasteiger partial charge is 0.336 e. The molecule has 2 nitrogen and oxygen atoms in total. The fraction of sp³-hybridized carbons (Fsp3) is 0.500. The van der Waals surface area contributed by atoms with E-state index in [0.717, 1.165) is 30.3 Å². The Morgan fingerprint density at radius 2 is 2.22 bits per heavy atom. The van der Waals surface area contributed by atoms with E-state index >= 15 is 0 Å². The SMILES string of the molecule is CCC1CCCCN1C(=O)c1cc(Cl)cc(Br)c1. The molecular weight excluding hydrogens is 314 g/mol. The summed E-state index contributed by atoms with van der Waals surface area (Å²) in [5, 5.41) is 0.595. The molecule has 98 valence electrons. The number of rotatable bonds is 2. The molecule has 1 fully saturated rings. The fourth-order valence-corrected chi connectivity index (χ4v) is 3.40. The number of nitrogens with zero attached hydrogens (tertiary/aromatic N) is 1. The summed E-state index contributed by atoms with van der Waals surface area (Å²) in [6, 6.07) is 5.76. The van der Waals surface area contributed by atoms with Crippen LogP contribution in [0.5, 0.6) is 0 Å². The topological polar surface area (TPSA) is 20.3 Å². The summed E-state index contributed by atoms with van der Waals surface area (Å²) in [5.41, 5.74) is 0.676. The van der Waals surface area contributed by atoms with Gasteiger partial charge in [-0.3, -0.25) is 4.79 Å². The number of hydrogen-bond donors (Lipinski definition) is 0. The Balaban J connectivity index is 2.23. The van der Waals surface area contributed by atoms with E-state index in [0.29, 0.717) is 16.6 Å². The van der Waals surface area contributed by atoms with Crippen LogP contribution in [-0.2, 0) is 0 Å². The number of amides is 1. The minimum Gasteiger partial charge on any atom is -0.336 e. The first-order valence-corrected chi connectivity index (χ1v) is 7.56. The van der Waals surface area contributed by atoms with Crippen molar-refractivity contribution in [2.45, 2.75) is 38.6 Å². The molecule has 0 saturated carbocycles. The Morgan fingerprint density at radius 1 is 1.44 bits per heavy atom. The molecule has 1 saturated heterocycles. The van der Waals surface area contributed by atoms with E-state index in [1.165, 1.54) is 6.42 Å². The monoisotopic (exact) mass is 329 g/mol. The molecule has 1 atom stereocenters. The molecule has 1 aromatic rings. The maximum absolute atomic E-state index is 12.5. The molecule has 1 heterocycles. The quantitative estimate of drug-likeness (QED) is 0.781. The Hall–Kier alpha value is -0.540. The third-order valence-corrected chi connectivity index (χ3v) is 4.14. The number of hydrogen-bond acceptors (Lipinski definition) is 1. The summed E-state index contributed by atoms with van der Waals surface area (Å²) in [7, 11) is 0. The molecule has 4 heteroatoms. The zero-order valence-electron chi connectivity index (χ0n) is 10.5. The van der Waals surface area contributed by atoms with Gasteiger partial charge in [-0.1, -0.05) is 34.5 Å². The highest BCUT2D eigenvalue weighted by atomic mass is 79.9.